The van der Waals surface area contributed by atoms with Crippen molar-refractivity contribution in [2.45, 2.75) is 26.2 Å². The molecular formula is C18H25NO2. The molecule has 0 heterocycles. The molecule has 1 fully saturated rings. The first kappa shape index (κ1) is 15.9. The Balaban J connectivity index is 1.73. The minimum Gasteiger partial charge on any atom is -0.492 e. The Hall–Kier alpha value is -1.50. The van der Waals surface area contributed by atoms with Crippen molar-refractivity contribution in [1.29, 1.82) is 0 Å². The number of hydrogen-bond donors (Lipinski definition) is 1. The van der Waals surface area contributed by atoms with Crippen LogP contribution in [0.1, 0.15) is 31.7 Å². The minimum atomic E-state index is -0.105. The van der Waals surface area contributed by atoms with E-state index in [4.69, 9.17) is 9.84 Å². The van der Waals surface area contributed by atoms with Gasteiger partial charge in [0.2, 0.25) is 0 Å². The fraction of sp³-hybridized carbons (Fsp3) is 0.556. The third-order valence-electron chi connectivity index (χ3n) is 3.60. The van der Waals surface area contributed by atoms with Crippen molar-refractivity contribution < 1.29 is 9.84 Å². The normalized spacial score (nSPS) is 13.9. The zero-order valence-corrected chi connectivity index (χ0v) is 12.8. The van der Waals surface area contributed by atoms with Crippen LogP contribution in [0.25, 0.3) is 0 Å². The number of hydrogen-bond acceptors (Lipinski definition) is 3. The van der Waals surface area contributed by atoms with E-state index in [2.05, 4.69) is 23.7 Å². The summed E-state index contributed by atoms with van der Waals surface area (Å²) < 4.78 is 5.81. The lowest BCUT2D eigenvalue weighted by molar-refractivity contribution is 0.203. The van der Waals surface area contributed by atoms with Gasteiger partial charge >= 0.3 is 0 Å². The molecule has 0 radical (unpaired) electrons. The molecule has 0 unspecified atom stereocenters. The maximum Gasteiger partial charge on any atom is 0.119 e. The van der Waals surface area contributed by atoms with Crippen LogP contribution in [0.2, 0.25) is 0 Å². The second kappa shape index (κ2) is 8.71. The molecular weight excluding hydrogens is 262 g/mol. The average molecular weight is 287 g/mol. The van der Waals surface area contributed by atoms with E-state index < -0.39 is 0 Å². The Morgan fingerprint density at radius 1 is 1.24 bits per heavy atom. The summed E-state index contributed by atoms with van der Waals surface area (Å²) in [6.45, 7) is 6.24. The second-order valence-corrected chi connectivity index (χ2v) is 5.58. The summed E-state index contributed by atoms with van der Waals surface area (Å²) >= 11 is 0. The predicted octanol–water partition coefficient (Wildman–Crippen LogP) is 2.53. The van der Waals surface area contributed by atoms with Gasteiger partial charge in [-0.15, -0.1) is 0 Å². The molecule has 3 nitrogen and oxygen atoms in total. The van der Waals surface area contributed by atoms with Gasteiger partial charge in [0.05, 0.1) is 0 Å². The molecule has 0 atom stereocenters. The van der Waals surface area contributed by atoms with E-state index in [0.29, 0.717) is 0 Å². The first-order valence-corrected chi connectivity index (χ1v) is 7.86. The molecule has 0 amide bonds. The fourth-order valence-electron chi connectivity index (χ4n) is 2.34. The van der Waals surface area contributed by atoms with E-state index in [-0.39, 0.29) is 6.61 Å². The molecule has 21 heavy (non-hydrogen) atoms. The predicted molar refractivity (Wildman–Crippen MR) is 85.4 cm³/mol. The van der Waals surface area contributed by atoms with Crippen molar-refractivity contribution in [3.8, 4) is 17.6 Å². The highest BCUT2D eigenvalue weighted by molar-refractivity contribution is 5.38. The second-order valence-electron chi connectivity index (χ2n) is 5.58. The Morgan fingerprint density at radius 2 is 2.00 bits per heavy atom. The molecule has 1 saturated carbocycles. The molecule has 1 N–H and O–H groups in total. The Kier molecular flexibility index (Phi) is 6.59. The van der Waals surface area contributed by atoms with Crippen LogP contribution in [-0.4, -0.2) is 42.9 Å². The highest BCUT2D eigenvalue weighted by Gasteiger charge is 2.23. The van der Waals surface area contributed by atoms with E-state index in [0.717, 1.165) is 36.9 Å². The topological polar surface area (TPSA) is 32.7 Å². The Bertz CT molecular complexity index is 468. The number of aliphatic hydroxyl groups is 1. The molecule has 1 aliphatic rings. The SMILES string of the molecule is CCCN(CCOc1ccc(C#CCO)cc1)CC1CC1. The van der Waals surface area contributed by atoms with Crippen molar-refractivity contribution in [2.75, 3.05) is 32.8 Å². The van der Waals surface area contributed by atoms with Crippen molar-refractivity contribution >= 4 is 0 Å². The fourth-order valence-corrected chi connectivity index (χ4v) is 2.34. The van der Waals surface area contributed by atoms with Crippen LogP contribution in [0, 0.1) is 17.8 Å². The van der Waals surface area contributed by atoms with Gasteiger partial charge < -0.3 is 9.84 Å². The summed E-state index contributed by atoms with van der Waals surface area (Å²) in [5.41, 5.74) is 0.901. The van der Waals surface area contributed by atoms with E-state index in [1.165, 1.54) is 25.8 Å². The molecule has 3 heteroatoms. The summed E-state index contributed by atoms with van der Waals surface area (Å²) in [7, 11) is 0. The van der Waals surface area contributed by atoms with E-state index in [1.54, 1.807) is 0 Å². The van der Waals surface area contributed by atoms with Crippen molar-refractivity contribution in [2.24, 2.45) is 5.92 Å². The highest BCUT2D eigenvalue weighted by atomic mass is 16.5. The molecule has 0 aliphatic heterocycles. The number of aliphatic hydroxyl groups excluding tert-OH is 1. The lowest BCUT2D eigenvalue weighted by atomic mass is 10.2. The van der Waals surface area contributed by atoms with Gasteiger partial charge in [0, 0.05) is 18.7 Å². The Labute approximate surface area is 127 Å². The van der Waals surface area contributed by atoms with Crippen molar-refractivity contribution in [3.05, 3.63) is 29.8 Å². The van der Waals surface area contributed by atoms with Gasteiger partial charge in [-0.1, -0.05) is 18.8 Å². The van der Waals surface area contributed by atoms with Crippen LogP contribution in [0.5, 0.6) is 5.75 Å². The number of ether oxygens (including phenoxy) is 1. The maximum absolute atomic E-state index is 8.66. The van der Waals surface area contributed by atoms with Crippen LogP contribution < -0.4 is 4.74 Å². The Morgan fingerprint density at radius 3 is 2.62 bits per heavy atom. The van der Waals surface area contributed by atoms with Gasteiger partial charge in [-0.05, 0) is 56.0 Å². The van der Waals surface area contributed by atoms with Gasteiger partial charge in [0.15, 0.2) is 0 Å². The number of rotatable bonds is 8. The lowest BCUT2D eigenvalue weighted by Crippen LogP contribution is -2.31. The van der Waals surface area contributed by atoms with Crippen LogP contribution >= 0.6 is 0 Å². The van der Waals surface area contributed by atoms with Gasteiger partial charge in [-0.2, -0.15) is 0 Å². The maximum atomic E-state index is 8.66. The highest BCUT2D eigenvalue weighted by Crippen LogP contribution is 2.29. The largest absolute Gasteiger partial charge is 0.492 e. The number of benzene rings is 1. The quantitative estimate of drug-likeness (QED) is 0.746. The van der Waals surface area contributed by atoms with Gasteiger partial charge in [-0.3, -0.25) is 4.90 Å². The molecule has 2 rings (SSSR count). The first-order valence-electron chi connectivity index (χ1n) is 7.86. The molecule has 1 aromatic carbocycles. The summed E-state index contributed by atoms with van der Waals surface area (Å²) in [6, 6.07) is 7.72. The summed E-state index contributed by atoms with van der Waals surface area (Å²) in [6.07, 6.45) is 4.00. The van der Waals surface area contributed by atoms with Crippen LogP contribution in [-0.2, 0) is 0 Å². The molecule has 0 spiro atoms. The monoisotopic (exact) mass is 287 g/mol. The minimum absolute atomic E-state index is 0.105. The van der Waals surface area contributed by atoms with Crippen molar-refractivity contribution in [3.63, 3.8) is 0 Å². The lowest BCUT2D eigenvalue weighted by Gasteiger charge is -2.21. The standard InChI is InChI=1S/C18H25NO2/c1-2-11-19(15-17-5-6-17)12-14-21-18-9-7-16(8-10-18)4-3-13-20/h7-10,17,20H,2,5-6,11-15H2,1H3. The third kappa shape index (κ3) is 6.20. The molecule has 114 valence electrons. The first-order chi connectivity index (χ1) is 10.3. The van der Waals surface area contributed by atoms with Gasteiger partial charge in [0.25, 0.3) is 0 Å². The van der Waals surface area contributed by atoms with Crippen molar-refractivity contribution in [1.82, 2.24) is 4.90 Å². The smallest absolute Gasteiger partial charge is 0.119 e. The molecule has 0 saturated heterocycles. The van der Waals surface area contributed by atoms with Gasteiger partial charge in [0.1, 0.15) is 19.0 Å². The zero-order valence-electron chi connectivity index (χ0n) is 12.8. The van der Waals surface area contributed by atoms with E-state index in [9.17, 15) is 0 Å². The number of nitrogens with zero attached hydrogens (tertiary/aromatic N) is 1. The summed E-state index contributed by atoms with van der Waals surface area (Å²) in [5.74, 6) is 7.33. The van der Waals surface area contributed by atoms with E-state index in [1.807, 2.05) is 24.3 Å². The third-order valence-corrected chi connectivity index (χ3v) is 3.60. The average Bonchev–Trinajstić information content (AvgIpc) is 3.30. The molecule has 0 bridgehead atoms. The molecule has 1 aliphatic carbocycles. The molecule has 0 aromatic heterocycles. The zero-order chi connectivity index (χ0) is 14.9. The van der Waals surface area contributed by atoms with E-state index >= 15 is 0 Å². The summed E-state index contributed by atoms with van der Waals surface area (Å²) in [5, 5.41) is 8.66. The molecule has 1 aromatic rings. The van der Waals surface area contributed by atoms with Gasteiger partial charge in [-0.25, -0.2) is 0 Å². The van der Waals surface area contributed by atoms with Crippen LogP contribution in [0.3, 0.4) is 0 Å². The van der Waals surface area contributed by atoms with Crippen LogP contribution in [0.15, 0.2) is 24.3 Å². The summed E-state index contributed by atoms with van der Waals surface area (Å²) in [4.78, 5) is 2.51. The van der Waals surface area contributed by atoms with Crippen LogP contribution in [0.4, 0.5) is 0 Å².